The van der Waals surface area contributed by atoms with E-state index >= 15 is 0 Å². The number of hydrogen-bond donors (Lipinski definition) is 0. The lowest BCUT2D eigenvalue weighted by Gasteiger charge is -2.29. The summed E-state index contributed by atoms with van der Waals surface area (Å²) >= 11 is 1.53. The molecule has 4 heteroatoms. The largest absolute Gasteiger partial charge is 0.367 e. The average Bonchev–Trinajstić information content (AvgIpc) is 2.65. The van der Waals surface area contributed by atoms with Crippen LogP contribution in [0.1, 0.15) is 23.0 Å². The zero-order valence-electron chi connectivity index (χ0n) is 9.85. The van der Waals surface area contributed by atoms with Crippen LogP contribution in [0.2, 0.25) is 0 Å². The van der Waals surface area contributed by atoms with Crippen molar-refractivity contribution in [1.82, 2.24) is 4.90 Å². The summed E-state index contributed by atoms with van der Waals surface area (Å²) in [6, 6.07) is 2.51. The van der Waals surface area contributed by atoms with E-state index in [2.05, 4.69) is 29.2 Å². The van der Waals surface area contributed by atoms with Crippen molar-refractivity contribution in [3.8, 4) is 0 Å². The summed E-state index contributed by atoms with van der Waals surface area (Å²) in [5.74, 6) is 0. The van der Waals surface area contributed by atoms with Crippen molar-refractivity contribution in [3.63, 3.8) is 0 Å². The van der Waals surface area contributed by atoms with Crippen LogP contribution in [0.25, 0.3) is 0 Å². The van der Waals surface area contributed by atoms with Gasteiger partial charge in [0.1, 0.15) is 0 Å². The van der Waals surface area contributed by atoms with E-state index in [1.165, 1.54) is 23.4 Å². The van der Waals surface area contributed by atoms with Crippen molar-refractivity contribution in [2.24, 2.45) is 0 Å². The minimum Gasteiger partial charge on any atom is -0.367 e. The van der Waals surface area contributed by atoms with Crippen LogP contribution in [0, 0.1) is 0 Å². The molecule has 2 rings (SSSR count). The molecule has 2 heterocycles. The maximum Gasteiger partial charge on any atom is 0.160 e. The van der Waals surface area contributed by atoms with Crippen molar-refractivity contribution in [1.29, 1.82) is 0 Å². The number of hydrogen-bond acceptors (Lipinski definition) is 4. The Morgan fingerprint density at radius 2 is 2.31 bits per heavy atom. The first kappa shape index (κ1) is 11.6. The lowest BCUT2D eigenvalue weighted by molar-refractivity contribution is 0.112. The third-order valence-corrected chi connectivity index (χ3v) is 3.95. The monoisotopic (exact) mass is 238 g/mol. The minimum atomic E-state index is 0.515. The highest BCUT2D eigenvalue weighted by atomic mass is 32.1. The van der Waals surface area contributed by atoms with Crippen LogP contribution in [0.5, 0.6) is 0 Å². The Balaban J connectivity index is 2.15. The summed E-state index contributed by atoms with van der Waals surface area (Å²) in [7, 11) is 2.17. The zero-order valence-corrected chi connectivity index (χ0v) is 10.7. The van der Waals surface area contributed by atoms with E-state index < -0.39 is 0 Å². The number of carbonyl (C=O) groups is 1. The van der Waals surface area contributed by atoms with Gasteiger partial charge in [0.2, 0.25) is 0 Å². The highest BCUT2D eigenvalue weighted by Gasteiger charge is 2.20. The third kappa shape index (κ3) is 2.44. The molecule has 1 atom stereocenters. The second-order valence-corrected chi connectivity index (χ2v) is 5.43. The van der Waals surface area contributed by atoms with Crippen molar-refractivity contribution in [3.05, 3.63) is 16.3 Å². The Morgan fingerprint density at radius 1 is 1.50 bits per heavy atom. The fourth-order valence-corrected chi connectivity index (χ4v) is 3.02. The van der Waals surface area contributed by atoms with Gasteiger partial charge in [-0.3, -0.25) is 4.79 Å². The topological polar surface area (TPSA) is 23.6 Å². The van der Waals surface area contributed by atoms with Crippen LogP contribution >= 0.6 is 11.3 Å². The van der Waals surface area contributed by atoms with Crippen molar-refractivity contribution in [2.45, 2.75) is 19.4 Å². The summed E-state index contributed by atoms with van der Waals surface area (Å²) in [5.41, 5.74) is 1.20. The number of rotatable bonds is 2. The summed E-state index contributed by atoms with van der Waals surface area (Å²) in [6.45, 7) is 5.58. The molecular weight excluding hydrogens is 220 g/mol. The van der Waals surface area contributed by atoms with Crippen LogP contribution in [-0.2, 0) is 0 Å². The standard InChI is InChI=1S/C12H18N2OS/c1-10-7-13(2)4-3-5-14(10)11-6-12(8-15)16-9-11/h6,8-10H,3-5,7H2,1-2H3. The molecule has 88 valence electrons. The molecule has 0 amide bonds. The highest BCUT2D eigenvalue weighted by molar-refractivity contribution is 7.12. The molecule has 0 aromatic carbocycles. The van der Waals surface area contributed by atoms with Gasteiger partial charge in [0, 0.05) is 30.2 Å². The first-order valence-corrected chi connectivity index (χ1v) is 6.57. The molecule has 1 unspecified atom stereocenters. The Kier molecular flexibility index (Phi) is 3.61. The molecule has 1 aliphatic heterocycles. The quantitative estimate of drug-likeness (QED) is 0.737. The van der Waals surface area contributed by atoms with E-state index in [1.54, 1.807) is 0 Å². The minimum absolute atomic E-state index is 0.515. The van der Waals surface area contributed by atoms with Crippen LogP contribution in [0.15, 0.2) is 11.4 Å². The van der Waals surface area contributed by atoms with Gasteiger partial charge in [-0.1, -0.05) is 0 Å². The Labute approximate surface area is 101 Å². The SMILES string of the molecule is CC1CN(C)CCCN1c1csc(C=O)c1. The molecule has 3 nitrogen and oxygen atoms in total. The van der Waals surface area contributed by atoms with Crippen molar-refractivity contribution < 1.29 is 4.79 Å². The molecule has 1 aromatic heterocycles. The number of aldehydes is 1. The van der Waals surface area contributed by atoms with Crippen LogP contribution < -0.4 is 4.90 Å². The summed E-state index contributed by atoms with van der Waals surface area (Å²) in [4.78, 5) is 16.3. The van der Waals surface area contributed by atoms with Crippen LogP contribution in [0.3, 0.4) is 0 Å². The van der Waals surface area contributed by atoms with Gasteiger partial charge < -0.3 is 9.80 Å². The van der Waals surface area contributed by atoms with Gasteiger partial charge in [0.05, 0.1) is 4.88 Å². The average molecular weight is 238 g/mol. The Morgan fingerprint density at radius 3 is 3.00 bits per heavy atom. The Hall–Kier alpha value is -0.870. The number of thiophene rings is 1. The number of carbonyl (C=O) groups excluding carboxylic acids is 1. The molecule has 0 saturated carbocycles. The molecular formula is C12H18N2OS. The van der Waals surface area contributed by atoms with Crippen molar-refractivity contribution in [2.75, 3.05) is 31.6 Å². The molecule has 0 spiro atoms. The van der Waals surface area contributed by atoms with E-state index in [4.69, 9.17) is 0 Å². The number of likely N-dealkylation sites (N-methyl/N-ethyl adjacent to an activating group) is 1. The van der Waals surface area contributed by atoms with Gasteiger partial charge >= 0.3 is 0 Å². The van der Waals surface area contributed by atoms with Gasteiger partial charge in [-0.05, 0) is 33.0 Å². The van der Waals surface area contributed by atoms with Crippen LogP contribution in [0.4, 0.5) is 5.69 Å². The van der Waals surface area contributed by atoms with E-state index in [9.17, 15) is 4.79 Å². The molecule has 1 saturated heterocycles. The van der Waals surface area contributed by atoms with E-state index in [0.29, 0.717) is 6.04 Å². The van der Waals surface area contributed by atoms with Gasteiger partial charge in [-0.15, -0.1) is 11.3 Å². The number of anilines is 1. The molecule has 0 aliphatic carbocycles. The molecule has 1 aliphatic rings. The van der Waals surface area contributed by atoms with E-state index in [0.717, 1.165) is 30.8 Å². The predicted molar refractivity (Wildman–Crippen MR) is 68.6 cm³/mol. The van der Waals surface area contributed by atoms with Crippen molar-refractivity contribution >= 4 is 23.3 Å². The first-order chi connectivity index (χ1) is 7.70. The zero-order chi connectivity index (χ0) is 11.5. The molecule has 0 bridgehead atoms. The Bertz CT molecular complexity index is 364. The summed E-state index contributed by atoms with van der Waals surface area (Å²) in [6.07, 6.45) is 2.12. The van der Waals surface area contributed by atoms with Gasteiger partial charge in [-0.25, -0.2) is 0 Å². The lowest BCUT2D eigenvalue weighted by atomic mass is 10.2. The van der Waals surface area contributed by atoms with E-state index in [1.807, 2.05) is 6.07 Å². The molecule has 1 fully saturated rings. The normalized spacial score (nSPS) is 23.1. The molecule has 0 N–H and O–H groups in total. The first-order valence-electron chi connectivity index (χ1n) is 5.69. The van der Waals surface area contributed by atoms with Gasteiger partial charge in [0.25, 0.3) is 0 Å². The van der Waals surface area contributed by atoms with E-state index in [-0.39, 0.29) is 0 Å². The number of nitrogens with zero attached hydrogens (tertiary/aromatic N) is 2. The fraction of sp³-hybridized carbons (Fsp3) is 0.583. The smallest absolute Gasteiger partial charge is 0.160 e. The second kappa shape index (κ2) is 4.97. The maximum absolute atomic E-state index is 10.7. The second-order valence-electron chi connectivity index (χ2n) is 4.48. The molecule has 0 radical (unpaired) electrons. The van der Waals surface area contributed by atoms with Gasteiger partial charge in [0.15, 0.2) is 6.29 Å². The van der Waals surface area contributed by atoms with Gasteiger partial charge in [-0.2, -0.15) is 0 Å². The third-order valence-electron chi connectivity index (χ3n) is 3.10. The predicted octanol–water partition coefficient (Wildman–Crippen LogP) is 2.09. The molecule has 16 heavy (non-hydrogen) atoms. The highest BCUT2D eigenvalue weighted by Crippen LogP contribution is 2.25. The lowest BCUT2D eigenvalue weighted by Crippen LogP contribution is -2.37. The molecule has 1 aromatic rings. The summed E-state index contributed by atoms with van der Waals surface area (Å²) in [5, 5.41) is 2.09. The van der Waals surface area contributed by atoms with Crippen LogP contribution in [-0.4, -0.2) is 43.9 Å². The summed E-state index contributed by atoms with van der Waals surface area (Å²) < 4.78 is 0. The fourth-order valence-electron chi connectivity index (χ4n) is 2.31. The maximum atomic E-state index is 10.7.